The van der Waals surface area contributed by atoms with E-state index in [9.17, 15) is 0 Å². The predicted molar refractivity (Wildman–Crippen MR) is 42.7 cm³/mol. The molecule has 1 aliphatic rings. The van der Waals surface area contributed by atoms with Crippen molar-refractivity contribution in [3.05, 3.63) is 36.1 Å². The quantitative estimate of drug-likeness (QED) is 0.551. The molecule has 11 heavy (non-hydrogen) atoms. The molecule has 0 spiro atoms. The van der Waals surface area contributed by atoms with Crippen LogP contribution in [0.15, 0.2) is 30.5 Å². The van der Waals surface area contributed by atoms with Crippen LogP contribution >= 0.6 is 0 Å². The Kier molecular flexibility index (Phi) is 1.32. The van der Waals surface area contributed by atoms with Crippen molar-refractivity contribution < 1.29 is 4.74 Å². The molecule has 55 valence electrons. The molecule has 0 bridgehead atoms. The largest absolute Gasteiger partial charge is 0.465 e. The average Bonchev–Trinajstić information content (AvgIpc) is 2.06. The molecule has 0 aromatic heterocycles. The number of nitrogens with one attached hydrogen (secondary N) is 1. The fraction of sp³-hybridized carbons (Fsp3) is 0.111. The van der Waals surface area contributed by atoms with Gasteiger partial charge in [0.15, 0.2) is 0 Å². The molecule has 1 aliphatic heterocycles. The molecule has 0 atom stereocenters. The molecule has 0 aliphatic carbocycles. The van der Waals surface area contributed by atoms with E-state index < -0.39 is 0 Å². The van der Waals surface area contributed by atoms with Gasteiger partial charge in [0, 0.05) is 5.56 Å². The summed E-state index contributed by atoms with van der Waals surface area (Å²) in [7, 11) is 0. The summed E-state index contributed by atoms with van der Waals surface area (Å²) in [6.07, 6.45) is 4.40. The van der Waals surface area contributed by atoms with Gasteiger partial charge in [-0.1, -0.05) is 6.07 Å². The molecule has 1 aromatic carbocycles. The van der Waals surface area contributed by atoms with E-state index in [-0.39, 0.29) is 0 Å². The summed E-state index contributed by atoms with van der Waals surface area (Å²) in [4.78, 5) is 0. The van der Waals surface area contributed by atoms with Crippen molar-refractivity contribution in [2.75, 3.05) is 0 Å². The Hall–Kier alpha value is -1.44. The van der Waals surface area contributed by atoms with E-state index in [4.69, 9.17) is 10.5 Å². The first-order valence-corrected chi connectivity index (χ1v) is 3.53. The van der Waals surface area contributed by atoms with E-state index in [0.29, 0.717) is 5.69 Å². The smallest absolute Gasteiger partial charge is 0.132 e. The zero-order valence-corrected chi connectivity index (χ0v) is 6.00. The number of benzene rings is 1. The van der Waals surface area contributed by atoms with E-state index in [1.165, 1.54) is 0 Å². The molecule has 1 heterocycles. The van der Waals surface area contributed by atoms with Gasteiger partial charge >= 0.3 is 0 Å². The summed E-state index contributed by atoms with van der Waals surface area (Å²) in [5.74, 6) is 0.819. The van der Waals surface area contributed by atoms with Gasteiger partial charge in [-0.3, -0.25) is 0 Å². The van der Waals surface area contributed by atoms with Crippen LogP contribution in [0.25, 0.3) is 0 Å². The fourth-order valence-corrected chi connectivity index (χ4v) is 1.17. The summed E-state index contributed by atoms with van der Waals surface area (Å²) in [6.45, 7) is 0. The summed E-state index contributed by atoms with van der Waals surface area (Å²) in [5.41, 5.74) is 9.08. The van der Waals surface area contributed by atoms with E-state index in [0.717, 1.165) is 17.7 Å². The van der Waals surface area contributed by atoms with Gasteiger partial charge in [0.2, 0.25) is 0 Å². The second kappa shape index (κ2) is 2.31. The molecule has 0 unspecified atom stereocenters. The number of rotatable bonds is 0. The molecule has 0 saturated carbocycles. The predicted octanol–water partition coefficient (Wildman–Crippen LogP) is 2.05. The van der Waals surface area contributed by atoms with Gasteiger partial charge in [0.25, 0.3) is 0 Å². The minimum absolute atomic E-state index is 0.562. The zero-order valence-electron chi connectivity index (χ0n) is 6.00. The highest BCUT2D eigenvalue weighted by molar-refractivity contribution is 5.53. The normalized spacial score (nSPS) is 13.8. The molecule has 1 aromatic rings. The van der Waals surface area contributed by atoms with Crippen LogP contribution in [-0.4, -0.2) is 0 Å². The summed E-state index contributed by atoms with van der Waals surface area (Å²) < 4.78 is 5.20. The second-order valence-corrected chi connectivity index (χ2v) is 2.48. The third kappa shape index (κ3) is 0.963. The molecule has 0 fully saturated rings. The maximum Gasteiger partial charge on any atom is 0.132 e. The third-order valence-corrected chi connectivity index (χ3v) is 1.75. The first-order chi connectivity index (χ1) is 5.38. The van der Waals surface area contributed by atoms with Crippen molar-refractivity contribution in [1.82, 2.24) is 5.73 Å². The minimum atomic E-state index is 0.562. The van der Waals surface area contributed by atoms with Crippen molar-refractivity contribution in [2.24, 2.45) is 0 Å². The lowest BCUT2D eigenvalue weighted by Crippen LogP contribution is -1.96. The third-order valence-electron chi connectivity index (χ3n) is 1.75. The Morgan fingerprint density at radius 2 is 2.27 bits per heavy atom. The van der Waals surface area contributed by atoms with Crippen molar-refractivity contribution in [1.29, 1.82) is 0 Å². The number of hydrogen-bond donors (Lipinski definition) is 0. The van der Waals surface area contributed by atoms with E-state index >= 15 is 0 Å². The highest BCUT2D eigenvalue weighted by Crippen LogP contribution is 2.28. The first-order valence-electron chi connectivity index (χ1n) is 3.53. The number of allylic oxidation sites excluding steroid dienone is 1. The van der Waals surface area contributed by atoms with Gasteiger partial charge in [0.05, 0.1) is 11.9 Å². The standard InChI is InChI=1S/C9H8NO/c10-8-4-1-5-9-7(8)3-2-6-11-9/h1-2,4-6,10H,3H2. The molecular formula is C9H8NO. The highest BCUT2D eigenvalue weighted by atomic mass is 16.5. The van der Waals surface area contributed by atoms with Crippen molar-refractivity contribution in [3.63, 3.8) is 0 Å². The Morgan fingerprint density at radius 1 is 1.36 bits per heavy atom. The van der Waals surface area contributed by atoms with Crippen LogP contribution in [0.2, 0.25) is 0 Å². The Bertz CT molecular complexity index is 304. The number of hydrogen-bond acceptors (Lipinski definition) is 1. The molecule has 0 amide bonds. The minimum Gasteiger partial charge on any atom is -0.465 e. The van der Waals surface area contributed by atoms with Gasteiger partial charge in [-0.2, -0.15) is 0 Å². The fourth-order valence-electron chi connectivity index (χ4n) is 1.17. The maximum atomic E-state index is 7.53. The second-order valence-electron chi connectivity index (χ2n) is 2.48. The topological polar surface area (TPSA) is 33.0 Å². The molecular weight excluding hydrogens is 138 g/mol. The van der Waals surface area contributed by atoms with Crippen LogP contribution in [0.1, 0.15) is 5.56 Å². The lowest BCUT2D eigenvalue weighted by atomic mass is 10.1. The van der Waals surface area contributed by atoms with Crippen molar-refractivity contribution >= 4 is 5.69 Å². The Morgan fingerprint density at radius 3 is 3.09 bits per heavy atom. The van der Waals surface area contributed by atoms with Crippen LogP contribution in [-0.2, 0) is 6.42 Å². The average molecular weight is 146 g/mol. The van der Waals surface area contributed by atoms with Gasteiger partial charge in [-0.25, -0.2) is 0 Å². The number of fused-ring (bicyclic) bond motifs is 1. The van der Waals surface area contributed by atoms with E-state index in [2.05, 4.69) is 0 Å². The first kappa shape index (κ1) is 6.28. The van der Waals surface area contributed by atoms with Crippen molar-refractivity contribution in [2.45, 2.75) is 6.42 Å². The lowest BCUT2D eigenvalue weighted by Gasteiger charge is -2.12. The van der Waals surface area contributed by atoms with Gasteiger partial charge in [-0.05, 0) is 24.6 Å². The van der Waals surface area contributed by atoms with Crippen LogP contribution in [0.3, 0.4) is 0 Å². The Labute approximate surface area is 65.3 Å². The summed E-state index contributed by atoms with van der Waals surface area (Å²) >= 11 is 0. The van der Waals surface area contributed by atoms with Crippen LogP contribution in [0.4, 0.5) is 5.69 Å². The SMILES string of the molecule is [NH]c1cccc2c1CC=CO2. The van der Waals surface area contributed by atoms with Crippen LogP contribution in [0, 0.1) is 0 Å². The summed E-state index contributed by atoms with van der Waals surface area (Å²) in [5, 5.41) is 0. The maximum absolute atomic E-state index is 7.53. The summed E-state index contributed by atoms with van der Waals surface area (Å²) in [6, 6.07) is 5.50. The van der Waals surface area contributed by atoms with Crippen LogP contribution in [0.5, 0.6) is 5.75 Å². The van der Waals surface area contributed by atoms with Gasteiger partial charge in [-0.15, -0.1) is 0 Å². The zero-order chi connectivity index (χ0) is 7.68. The Balaban J connectivity index is 2.54. The molecule has 2 nitrogen and oxygen atoms in total. The molecule has 2 rings (SSSR count). The number of ether oxygens (including phenoxy) is 1. The highest BCUT2D eigenvalue weighted by Gasteiger charge is 2.08. The monoisotopic (exact) mass is 146 g/mol. The van der Waals surface area contributed by atoms with Gasteiger partial charge in [0.1, 0.15) is 5.75 Å². The molecule has 1 radical (unpaired) electrons. The lowest BCUT2D eigenvalue weighted by molar-refractivity contribution is 0.465. The van der Waals surface area contributed by atoms with Crippen LogP contribution < -0.4 is 10.5 Å². The van der Waals surface area contributed by atoms with Gasteiger partial charge < -0.3 is 10.5 Å². The van der Waals surface area contributed by atoms with Crippen molar-refractivity contribution in [3.8, 4) is 5.75 Å². The molecule has 1 N–H and O–H groups in total. The molecule has 0 saturated heterocycles. The van der Waals surface area contributed by atoms with E-state index in [1.54, 1.807) is 12.3 Å². The molecule has 2 heteroatoms. The van der Waals surface area contributed by atoms with E-state index in [1.807, 2.05) is 18.2 Å².